The highest BCUT2D eigenvalue weighted by Crippen LogP contribution is 2.62. The number of hydrogen-bond acceptors (Lipinski definition) is 5. The summed E-state index contributed by atoms with van der Waals surface area (Å²) in [6.07, 6.45) is 8.60. The Morgan fingerprint density at radius 1 is 0.825 bits per heavy atom. The lowest BCUT2D eigenvalue weighted by molar-refractivity contribution is -0.114. The summed E-state index contributed by atoms with van der Waals surface area (Å²) in [5.41, 5.74) is 4.93. The predicted octanol–water partition coefficient (Wildman–Crippen LogP) is 6.73. The molecule has 40 heavy (non-hydrogen) atoms. The van der Waals surface area contributed by atoms with E-state index in [1.807, 2.05) is 18.2 Å². The molecule has 3 aromatic rings. The number of aliphatic hydroxyl groups is 3. The number of carbonyl (C=O) groups is 1. The van der Waals surface area contributed by atoms with Crippen LogP contribution in [0.1, 0.15) is 68.9 Å². The van der Waals surface area contributed by atoms with Crippen LogP contribution >= 0.6 is 0 Å². The van der Waals surface area contributed by atoms with Crippen molar-refractivity contribution < 1.29 is 24.9 Å². The highest BCUT2D eigenvalue weighted by atomic mass is 16.5. The molecular weight excluding hydrogens is 500 g/mol. The largest absolute Gasteiger partial charge is 0.512 e. The zero-order valence-corrected chi connectivity index (χ0v) is 22.9. The summed E-state index contributed by atoms with van der Waals surface area (Å²) in [5.74, 6) is 3.46. The summed E-state index contributed by atoms with van der Waals surface area (Å²) < 4.78 is 6.17. The van der Waals surface area contributed by atoms with Crippen LogP contribution in [0.15, 0.2) is 60.4 Å². The van der Waals surface area contributed by atoms with Gasteiger partial charge in [0, 0.05) is 18.4 Å². The third-order valence-electron chi connectivity index (χ3n) is 10.1. The van der Waals surface area contributed by atoms with E-state index in [9.17, 15) is 20.1 Å². The second-order valence-corrected chi connectivity index (χ2v) is 12.9. The molecule has 0 spiro atoms. The maximum atomic E-state index is 12.5. The smallest absolute Gasteiger partial charge is 0.166 e. The number of ketones is 1. The fourth-order valence-corrected chi connectivity index (χ4v) is 8.66. The first-order valence-corrected chi connectivity index (χ1v) is 15.0. The molecule has 0 aliphatic heterocycles. The van der Waals surface area contributed by atoms with Crippen molar-refractivity contribution in [1.82, 2.24) is 0 Å². The van der Waals surface area contributed by atoms with E-state index in [1.54, 1.807) is 0 Å². The van der Waals surface area contributed by atoms with Gasteiger partial charge in [-0.3, -0.25) is 4.79 Å². The number of carbonyl (C=O) groups excluding carboxylic acids is 1. The highest BCUT2D eigenvalue weighted by Gasteiger charge is 2.52. The second kappa shape index (κ2) is 10.0. The number of ether oxygens (including phenoxy) is 1. The molecule has 5 aliphatic carbocycles. The Bertz CT molecular complexity index is 1470. The average molecular weight is 539 g/mol. The van der Waals surface area contributed by atoms with Gasteiger partial charge in [-0.1, -0.05) is 30.3 Å². The summed E-state index contributed by atoms with van der Waals surface area (Å²) in [5, 5.41) is 31.9. The highest BCUT2D eigenvalue weighted by molar-refractivity contribution is 6.22. The molecule has 0 saturated heterocycles. The Morgan fingerprint density at radius 2 is 1.43 bits per heavy atom. The lowest BCUT2D eigenvalue weighted by Crippen LogP contribution is -2.48. The molecule has 0 aromatic heterocycles. The lowest BCUT2D eigenvalue weighted by atomic mass is 9.48. The molecule has 5 aliphatic rings. The molecule has 1 atom stereocenters. The van der Waals surface area contributed by atoms with Gasteiger partial charge in [0.25, 0.3) is 0 Å². The number of aliphatic hydroxyl groups excluding tert-OH is 3. The van der Waals surface area contributed by atoms with E-state index >= 15 is 0 Å². The molecule has 208 valence electrons. The number of benzene rings is 3. The first kappa shape index (κ1) is 25.8. The van der Waals surface area contributed by atoms with E-state index in [-0.39, 0.29) is 30.2 Å². The molecule has 1 unspecified atom stereocenters. The maximum Gasteiger partial charge on any atom is 0.166 e. The molecule has 3 N–H and O–H groups in total. The average Bonchev–Trinajstić information content (AvgIpc) is 2.94. The number of rotatable bonds is 7. The molecule has 3 aromatic carbocycles. The molecular formula is C35H38O5. The summed E-state index contributed by atoms with van der Waals surface area (Å²) in [4.78, 5) is 12.5. The van der Waals surface area contributed by atoms with Gasteiger partial charge in [-0.2, -0.15) is 0 Å². The van der Waals surface area contributed by atoms with Crippen LogP contribution < -0.4 is 4.74 Å². The molecule has 0 amide bonds. The molecule has 5 nitrogen and oxygen atoms in total. The van der Waals surface area contributed by atoms with Crippen LogP contribution in [0.25, 0.3) is 27.5 Å². The third-order valence-corrected chi connectivity index (χ3v) is 10.1. The van der Waals surface area contributed by atoms with Gasteiger partial charge < -0.3 is 20.1 Å². The number of allylic oxidation sites excluding steroid dienone is 2. The summed E-state index contributed by atoms with van der Waals surface area (Å²) in [6, 6.07) is 18.9. The third kappa shape index (κ3) is 4.53. The Labute approximate surface area is 235 Å². The molecule has 8 rings (SSSR count). The van der Waals surface area contributed by atoms with Gasteiger partial charge in [0.1, 0.15) is 24.2 Å². The van der Waals surface area contributed by atoms with Crippen LogP contribution in [0.5, 0.6) is 5.75 Å². The van der Waals surface area contributed by atoms with Gasteiger partial charge in [-0.15, -0.1) is 0 Å². The topological polar surface area (TPSA) is 87.0 Å². The SMILES string of the molecule is O=C1CCCC(O)=C1c1ccc2cc(-c3ccc(OCC(O)CO)c(C45CC6CC(CC(C6)C4)C5)c3)ccc2c1. The first-order valence-electron chi connectivity index (χ1n) is 15.0. The van der Waals surface area contributed by atoms with Crippen LogP contribution in [0, 0.1) is 17.8 Å². The van der Waals surface area contributed by atoms with Crippen molar-refractivity contribution in [2.45, 2.75) is 69.3 Å². The van der Waals surface area contributed by atoms with E-state index in [1.165, 1.54) is 44.1 Å². The van der Waals surface area contributed by atoms with E-state index in [2.05, 4.69) is 36.4 Å². The van der Waals surface area contributed by atoms with Gasteiger partial charge >= 0.3 is 0 Å². The van der Waals surface area contributed by atoms with Crippen LogP contribution in [0.2, 0.25) is 0 Å². The molecule has 4 saturated carbocycles. The van der Waals surface area contributed by atoms with Crippen molar-refractivity contribution in [3.8, 4) is 16.9 Å². The fraction of sp³-hybridized carbons (Fsp3) is 0.457. The summed E-state index contributed by atoms with van der Waals surface area (Å²) >= 11 is 0. The van der Waals surface area contributed by atoms with Crippen LogP contribution in [0.4, 0.5) is 0 Å². The van der Waals surface area contributed by atoms with Gasteiger partial charge in [-0.25, -0.2) is 0 Å². The van der Waals surface area contributed by atoms with Crippen molar-refractivity contribution in [2.75, 3.05) is 13.2 Å². The van der Waals surface area contributed by atoms with Crippen LogP contribution in [-0.4, -0.2) is 40.4 Å². The van der Waals surface area contributed by atoms with E-state index in [0.29, 0.717) is 24.8 Å². The number of Topliss-reactive ketones (excluding diaryl/α,β-unsaturated/α-hetero) is 1. The summed E-state index contributed by atoms with van der Waals surface area (Å²) in [6.45, 7) is -0.226. The van der Waals surface area contributed by atoms with Gasteiger partial charge in [0.05, 0.1) is 12.2 Å². The Balaban J connectivity index is 1.26. The van der Waals surface area contributed by atoms with Gasteiger partial charge in [-0.05, 0) is 120 Å². The van der Waals surface area contributed by atoms with E-state index in [4.69, 9.17) is 4.74 Å². The zero-order valence-electron chi connectivity index (χ0n) is 22.9. The monoisotopic (exact) mass is 538 g/mol. The number of fused-ring (bicyclic) bond motifs is 1. The van der Waals surface area contributed by atoms with Crippen molar-refractivity contribution in [3.05, 3.63) is 71.5 Å². The summed E-state index contributed by atoms with van der Waals surface area (Å²) in [7, 11) is 0. The standard InChI is InChI=1S/C35H38O5/c36-19-29(37)20-40-33-9-8-27(15-30(33)35-16-21-10-22(17-35)12-23(11-21)18-35)25-4-5-26-14-28(7-6-24(26)13-25)34-31(38)2-1-3-32(34)39/h4-9,13-15,21-23,29,36-38H,1-3,10-12,16-20H2. The molecule has 0 radical (unpaired) electrons. The van der Waals surface area contributed by atoms with Crippen LogP contribution in [0.3, 0.4) is 0 Å². The Hall–Kier alpha value is -3.15. The first-order chi connectivity index (χ1) is 19.4. The molecule has 4 fully saturated rings. The molecule has 4 bridgehead atoms. The second-order valence-electron chi connectivity index (χ2n) is 12.9. The molecule has 0 heterocycles. The van der Waals surface area contributed by atoms with Crippen LogP contribution in [-0.2, 0) is 10.2 Å². The Kier molecular flexibility index (Phi) is 6.47. The van der Waals surface area contributed by atoms with E-state index in [0.717, 1.165) is 51.0 Å². The quantitative estimate of drug-likeness (QED) is 0.311. The minimum absolute atomic E-state index is 0.0192. The van der Waals surface area contributed by atoms with Crippen molar-refractivity contribution in [3.63, 3.8) is 0 Å². The molecule has 5 heteroatoms. The van der Waals surface area contributed by atoms with Gasteiger partial charge in [0.2, 0.25) is 0 Å². The van der Waals surface area contributed by atoms with Gasteiger partial charge in [0.15, 0.2) is 5.78 Å². The van der Waals surface area contributed by atoms with Crippen molar-refractivity contribution in [1.29, 1.82) is 0 Å². The lowest BCUT2D eigenvalue weighted by Gasteiger charge is -2.57. The predicted molar refractivity (Wildman–Crippen MR) is 156 cm³/mol. The zero-order chi connectivity index (χ0) is 27.4. The van der Waals surface area contributed by atoms with Crippen molar-refractivity contribution in [2.24, 2.45) is 17.8 Å². The minimum atomic E-state index is -0.893. The fourth-order valence-electron chi connectivity index (χ4n) is 8.66. The minimum Gasteiger partial charge on any atom is -0.512 e. The number of hydrogen-bond donors (Lipinski definition) is 3. The normalized spacial score (nSPS) is 28.4. The van der Waals surface area contributed by atoms with Crippen molar-refractivity contribution >= 4 is 22.1 Å². The maximum absolute atomic E-state index is 12.5. The van der Waals surface area contributed by atoms with E-state index < -0.39 is 6.10 Å². The Morgan fingerprint density at radius 3 is 2.08 bits per heavy atom.